The van der Waals surface area contributed by atoms with E-state index in [9.17, 15) is 0 Å². The molecule has 5 rings (SSSR count). The zero-order chi connectivity index (χ0) is 18.8. The summed E-state index contributed by atoms with van der Waals surface area (Å²) in [6.45, 7) is 0.00346. The van der Waals surface area contributed by atoms with Gasteiger partial charge in [-0.1, -0.05) is 12.2 Å². The minimum Gasteiger partial charge on any atom is -0.472 e. The first-order valence-electron chi connectivity index (χ1n) is 10.4. The minimum absolute atomic E-state index is 0.164. The number of hydrogen-bond acceptors (Lipinski definition) is 4. The fourth-order valence-electron chi connectivity index (χ4n) is 4.67. The van der Waals surface area contributed by atoms with Crippen LogP contribution < -0.4 is 5.32 Å². The molecule has 24 heavy (non-hydrogen) atoms. The lowest BCUT2D eigenvalue weighted by Crippen LogP contribution is -2.41. The Bertz CT molecular complexity index is 824. The first-order valence-corrected chi connectivity index (χ1v) is 9.81. The van der Waals surface area contributed by atoms with Gasteiger partial charge in [0.15, 0.2) is 6.23 Å². The smallest absolute Gasteiger partial charge is 0.196 e. The molecule has 4 heterocycles. The molecule has 0 aromatic carbocycles. The Morgan fingerprint density at radius 2 is 2.42 bits per heavy atom. The number of nitrogens with zero attached hydrogens (tertiary/aromatic N) is 1. The maximum Gasteiger partial charge on any atom is 0.196 e. The Kier molecular flexibility index (Phi) is 2.85. The lowest BCUT2D eigenvalue weighted by atomic mass is 9.78. The van der Waals surface area contributed by atoms with E-state index in [-0.39, 0.29) is 17.9 Å². The predicted octanol–water partition coefficient (Wildman–Crippen LogP) is 4.31. The van der Waals surface area contributed by atoms with E-state index < -0.39 is 6.85 Å². The third-order valence-corrected chi connectivity index (χ3v) is 7.02. The van der Waals surface area contributed by atoms with Crippen molar-refractivity contribution in [2.24, 2.45) is 16.8 Å². The Balaban J connectivity index is 1.43. The van der Waals surface area contributed by atoms with Crippen molar-refractivity contribution in [2.45, 2.75) is 57.1 Å². The van der Waals surface area contributed by atoms with Crippen LogP contribution in [0.5, 0.6) is 0 Å². The first-order chi connectivity index (χ1) is 12.9. The summed E-state index contributed by atoms with van der Waals surface area (Å²) in [4.78, 5) is 4.45. The molecule has 0 bridgehead atoms. The number of aliphatic imine (C=N–C) groups is 1. The van der Waals surface area contributed by atoms with Gasteiger partial charge >= 0.3 is 0 Å². The number of allylic oxidation sites excluding steroid dienone is 2. The molecule has 5 aliphatic rings. The number of hydrogen-bond donors (Lipinski definition) is 1. The summed E-state index contributed by atoms with van der Waals surface area (Å²) in [6, 6.07) is 0.304. The van der Waals surface area contributed by atoms with E-state index in [0.717, 1.165) is 31.4 Å². The topological polar surface area (TPSA) is 33.6 Å². The average molecular weight is 344 g/mol. The largest absolute Gasteiger partial charge is 0.472 e. The molecular weight excluding hydrogens is 316 g/mol. The minimum atomic E-state index is -2.17. The van der Waals surface area contributed by atoms with Crippen LogP contribution in [0.3, 0.4) is 0 Å². The van der Waals surface area contributed by atoms with Gasteiger partial charge in [0.2, 0.25) is 0 Å². The van der Waals surface area contributed by atoms with Crippen molar-refractivity contribution in [2.75, 3.05) is 0 Å². The van der Waals surface area contributed by atoms with E-state index in [1.54, 1.807) is 6.08 Å². The quantitative estimate of drug-likeness (QED) is 0.770. The van der Waals surface area contributed by atoms with E-state index in [1.807, 2.05) is 17.8 Å². The molecule has 0 radical (unpaired) electrons. The second-order valence-corrected chi connectivity index (χ2v) is 8.26. The molecule has 1 aliphatic carbocycles. The van der Waals surface area contributed by atoms with Gasteiger partial charge in [0.05, 0.1) is 5.37 Å². The molecule has 4 aliphatic heterocycles. The van der Waals surface area contributed by atoms with E-state index in [2.05, 4.69) is 28.7 Å². The van der Waals surface area contributed by atoms with Gasteiger partial charge in [-0.05, 0) is 67.7 Å². The number of thioether (sulfide) groups is 1. The van der Waals surface area contributed by atoms with Crippen molar-refractivity contribution in [3.8, 4) is 0 Å². The molecule has 1 N–H and O–H groups in total. The zero-order valence-electron chi connectivity index (χ0n) is 16.8. The van der Waals surface area contributed by atoms with Gasteiger partial charge in [-0.2, -0.15) is 0 Å². The van der Waals surface area contributed by atoms with Crippen molar-refractivity contribution in [3.63, 3.8) is 0 Å². The monoisotopic (exact) mass is 343 g/mol. The SMILES string of the molecule is [2H]C([2H])([2H])C1=N[C@H]2OC3=C(C4CC=C5C(C)=CSC5N4)CCC[C@H]3C2C=C1. The molecule has 1 fully saturated rings. The first kappa shape index (κ1) is 12.2. The van der Waals surface area contributed by atoms with Crippen LogP contribution in [0.2, 0.25) is 0 Å². The molecule has 5 atom stereocenters. The summed E-state index contributed by atoms with van der Waals surface area (Å²) >= 11 is 1.85. The summed E-state index contributed by atoms with van der Waals surface area (Å²) in [7, 11) is 0. The highest BCUT2D eigenvalue weighted by molar-refractivity contribution is 8.03. The Morgan fingerprint density at radius 3 is 3.33 bits per heavy atom. The highest BCUT2D eigenvalue weighted by Gasteiger charge is 2.45. The van der Waals surface area contributed by atoms with Crippen LogP contribution in [0.25, 0.3) is 0 Å². The van der Waals surface area contributed by atoms with Crippen molar-refractivity contribution in [3.05, 3.63) is 46.1 Å². The Labute approximate surface area is 152 Å². The third kappa shape index (κ3) is 2.26. The molecular formula is C20H24N2OS. The van der Waals surface area contributed by atoms with E-state index in [1.165, 1.54) is 16.7 Å². The van der Waals surface area contributed by atoms with Crippen LogP contribution in [0, 0.1) is 11.8 Å². The van der Waals surface area contributed by atoms with Crippen molar-refractivity contribution >= 4 is 17.5 Å². The Morgan fingerprint density at radius 1 is 1.46 bits per heavy atom. The molecule has 1 saturated heterocycles. The summed E-state index contributed by atoms with van der Waals surface area (Å²) in [5.41, 5.74) is 4.33. The summed E-state index contributed by atoms with van der Waals surface area (Å²) < 4.78 is 29.2. The second-order valence-electron chi connectivity index (χ2n) is 7.28. The molecule has 0 amide bonds. The molecule has 3 unspecified atom stereocenters. The molecule has 0 saturated carbocycles. The van der Waals surface area contributed by atoms with Gasteiger partial charge < -0.3 is 4.74 Å². The van der Waals surface area contributed by atoms with Crippen molar-refractivity contribution in [1.29, 1.82) is 0 Å². The van der Waals surface area contributed by atoms with Crippen LogP contribution in [-0.4, -0.2) is 23.4 Å². The summed E-state index contributed by atoms with van der Waals surface area (Å²) in [6.07, 6.45) is 9.99. The van der Waals surface area contributed by atoms with Crippen molar-refractivity contribution in [1.82, 2.24) is 5.32 Å². The zero-order valence-corrected chi connectivity index (χ0v) is 14.6. The van der Waals surface area contributed by atoms with E-state index >= 15 is 0 Å². The number of rotatable bonds is 1. The molecule has 0 spiro atoms. The highest BCUT2D eigenvalue weighted by Crippen LogP contribution is 2.48. The average Bonchev–Trinajstić information content (AvgIpc) is 3.20. The standard InChI is InChI=1S/C20H24N2OS/c1-11-10-24-20-13(11)8-9-17(22-20)16-5-3-4-14-15-7-6-12(2)21-19(15)23-18(14)16/h6-8,10,14-15,17,19-20,22H,3-5,9H2,1-2H3/t14-,15?,17?,19-,20?/m0/s1/i2D3. The highest BCUT2D eigenvalue weighted by atomic mass is 32.2. The van der Waals surface area contributed by atoms with Crippen LogP contribution in [0.4, 0.5) is 0 Å². The fourth-order valence-corrected chi connectivity index (χ4v) is 5.81. The van der Waals surface area contributed by atoms with Gasteiger partial charge in [0, 0.05) is 27.7 Å². The normalized spacial score (nSPS) is 42.6. The third-order valence-electron chi connectivity index (χ3n) is 5.86. The lowest BCUT2D eigenvalue weighted by Gasteiger charge is -2.33. The number of dihydropyridines is 1. The van der Waals surface area contributed by atoms with Gasteiger partial charge in [-0.25, -0.2) is 4.99 Å². The summed E-state index contributed by atoms with van der Waals surface area (Å²) in [5.74, 6) is 1.58. The number of ether oxygens (including phenoxy) is 1. The lowest BCUT2D eigenvalue weighted by molar-refractivity contribution is 0.146. The predicted molar refractivity (Wildman–Crippen MR) is 99.7 cm³/mol. The molecule has 126 valence electrons. The summed E-state index contributed by atoms with van der Waals surface area (Å²) in [5, 5.41) is 6.39. The van der Waals surface area contributed by atoms with Crippen molar-refractivity contribution < 1.29 is 8.85 Å². The van der Waals surface area contributed by atoms with Gasteiger partial charge in [0.1, 0.15) is 5.76 Å². The van der Waals surface area contributed by atoms with Crippen LogP contribution in [0.1, 0.15) is 43.6 Å². The molecule has 4 heteroatoms. The van der Waals surface area contributed by atoms with Gasteiger partial charge in [-0.3, -0.25) is 5.32 Å². The van der Waals surface area contributed by atoms with E-state index in [0.29, 0.717) is 17.3 Å². The molecule has 0 aromatic heterocycles. The number of nitrogens with one attached hydrogen (secondary N) is 1. The molecule has 0 aromatic rings. The Hall–Kier alpha value is -1.26. The van der Waals surface area contributed by atoms with Gasteiger partial charge in [-0.15, -0.1) is 11.8 Å². The second kappa shape index (κ2) is 5.63. The van der Waals surface area contributed by atoms with Crippen LogP contribution >= 0.6 is 11.8 Å². The number of fused-ring (bicyclic) bond motifs is 4. The molecule has 3 nitrogen and oxygen atoms in total. The maximum atomic E-state index is 7.62. The maximum absolute atomic E-state index is 7.62. The van der Waals surface area contributed by atoms with E-state index in [4.69, 9.17) is 8.85 Å². The van der Waals surface area contributed by atoms with Crippen LogP contribution in [-0.2, 0) is 4.74 Å². The fraction of sp³-hybridized carbons (Fsp3) is 0.550. The van der Waals surface area contributed by atoms with Crippen LogP contribution in [0.15, 0.2) is 51.1 Å². The van der Waals surface area contributed by atoms with Gasteiger partial charge in [0.25, 0.3) is 0 Å².